The second-order valence-electron chi connectivity index (χ2n) is 2.95. The minimum atomic E-state index is -0.997. The van der Waals surface area contributed by atoms with Crippen molar-refractivity contribution in [2.45, 2.75) is 0 Å². The van der Waals surface area contributed by atoms with Gasteiger partial charge < -0.3 is 14.8 Å². The summed E-state index contributed by atoms with van der Waals surface area (Å²) in [6.07, 6.45) is 1.62. The molecule has 1 N–H and O–H groups in total. The summed E-state index contributed by atoms with van der Waals surface area (Å²) in [5.74, 6) is -0.0952. The van der Waals surface area contributed by atoms with Gasteiger partial charge in [-0.25, -0.2) is 4.79 Å². The Kier molecular flexibility index (Phi) is 2.31. The van der Waals surface area contributed by atoms with Crippen molar-refractivity contribution in [2.75, 3.05) is 6.54 Å². The fraction of sp³-hybridized carbons (Fsp3) is 0.100. The number of benzene rings is 1. The van der Waals surface area contributed by atoms with Crippen LogP contribution in [0.2, 0.25) is 0 Å². The molecule has 0 unspecified atom stereocenters. The molecule has 5 nitrogen and oxygen atoms in total. The number of carboxylic acids is 1. The third kappa shape index (κ3) is 1.77. The molecule has 0 saturated heterocycles. The van der Waals surface area contributed by atoms with Crippen LogP contribution in [0.1, 0.15) is 10.4 Å². The SMILES string of the molecule is C=CCN1Oc2ccc(C(=O)O)cc2O1. The minimum Gasteiger partial charge on any atom is -0.478 e. The predicted molar refractivity (Wildman–Crippen MR) is 51.6 cm³/mol. The van der Waals surface area contributed by atoms with E-state index in [4.69, 9.17) is 14.8 Å². The number of hydroxylamine groups is 2. The molecule has 1 heterocycles. The highest BCUT2D eigenvalue weighted by Gasteiger charge is 2.23. The van der Waals surface area contributed by atoms with Crippen LogP contribution >= 0.6 is 0 Å². The molecule has 15 heavy (non-hydrogen) atoms. The van der Waals surface area contributed by atoms with Crippen LogP contribution in [0.4, 0.5) is 0 Å². The van der Waals surface area contributed by atoms with Crippen molar-refractivity contribution in [3.8, 4) is 11.5 Å². The van der Waals surface area contributed by atoms with Crippen molar-refractivity contribution in [1.29, 1.82) is 0 Å². The van der Waals surface area contributed by atoms with Gasteiger partial charge in [0.2, 0.25) is 0 Å². The summed E-state index contributed by atoms with van der Waals surface area (Å²) >= 11 is 0. The van der Waals surface area contributed by atoms with Crippen LogP contribution in [0.5, 0.6) is 11.5 Å². The number of hydrogen-bond donors (Lipinski definition) is 1. The monoisotopic (exact) mass is 207 g/mol. The zero-order valence-electron chi connectivity index (χ0n) is 7.84. The molecule has 2 rings (SSSR count). The van der Waals surface area contributed by atoms with Gasteiger partial charge in [0.25, 0.3) is 0 Å². The Morgan fingerprint density at radius 3 is 2.87 bits per heavy atom. The van der Waals surface area contributed by atoms with Crippen molar-refractivity contribution >= 4 is 5.97 Å². The Balaban J connectivity index is 2.23. The lowest BCUT2D eigenvalue weighted by atomic mass is 10.2. The number of nitrogens with zero attached hydrogens (tertiary/aromatic N) is 1. The Morgan fingerprint density at radius 2 is 2.20 bits per heavy atom. The highest BCUT2D eigenvalue weighted by atomic mass is 17.0. The minimum absolute atomic E-state index is 0.165. The summed E-state index contributed by atoms with van der Waals surface area (Å²) in [6, 6.07) is 4.44. The molecule has 0 fully saturated rings. The summed E-state index contributed by atoms with van der Waals surface area (Å²) in [4.78, 5) is 21.1. The van der Waals surface area contributed by atoms with Crippen molar-refractivity contribution in [2.24, 2.45) is 0 Å². The van der Waals surface area contributed by atoms with Crippen LogP contribution in [0, 0.1) is 0 Å². The van der Waals surface area contributed by atoms with Gasteiger partial charge in [-0.05, 0) is 12.1 Å². The average Bonchev–Trinajstić information content (AvgIpc) is 2.59. The molecule has 0 saturated carbocycles. The van der Waals surface area contributed by atoms with Crippen LogP contribution < -0.4 is 9.68 Å². The van der Waals surface area contributed by atoms with Crippen molar-refractivity contribution < 1.29 is 19.6 Å². The first-order chi connectivity index (χ1) is 7.20. The van der Waals surface area contributed by atoms with E-state index in [1.165, 1.54) is 17.4 Å². The second kappa shape index (κ2) is 3.62. The van der Waals surface area contributed by atoms with Crippen LogP contribution in [0.3, 0.4) is 0 Å². The van der Waals surface area contributed by atoms with Gasteiger partial charge in [0.1, 0.15) is 0 Å². The van der Waals surface area contributed by atoms with Crippen molar-refractivity contribution in [3.05, 3.63) is 36.4 Å². The number of hydrogen-bond acceptors (Lipinski definition) is 4. The highest BCUT2D eigenvalue weighted by molar-refractivity contribution is 5.88. The number of aromatic carboxylic acids is 1. The van der Waals surface area contributed by atoms with Gasteiger partial charge >= 0.3 is 5.97 Å². The smallest absolute Gasteiger partial charge is 0.335 e. The largest absolute Gasteiger partial charge is 0.478 e. The number of fused-ring (bicyclic) bond motifs is 1. The van der Waals surface area contributed by atoms with Crippen molar-refractivity contribution in [3.63, 3.8) is 0 Å². The Morgan fingerprint density at radius 1 is 1.47 bits per heavy atom. The lowest BCUT2D eigenvalue weighted by Crippen LogP contribution is -2.25. The normalized spacial score (nSPS) is 13.9. The molecule has 0 atom stereocenters. The average molecular weight is 207 g/mol. The van der Waals surface area contributed by atoms with E-state index in [9.17, 15) is 4.79 Å². The fourth-order valence-corrected chi connectivity index (χ4v) is 1.21. The number of carboxylic acid groups (broad SMARTS) is 1. The number of carbonyl (C=O) groups is 1. The van der Waals surface area contributed by atoms with Gasteiger partial charge in [0.05, 0.1) is 12.1 Å². The lowest BCUT2D eigenvalue weighted by molar-refractivity contribution is -0.217. The third-order valence-corrected chi connectivity index (χ3v) is 1.87. The van der Waals surface area contributed by atoms with E-state index in [1.807, 2.05) is 0 Å². The van der Waals surface area contributed by atoms with E-state index in [-0.39, 0.29) is 5.56 Å². The first kappa shape index (κ1) is 9.54. The van der Waals surface area contributed by atoms with Crippen LogP contribution in [0.15, 0.2) is 30.9 Å². The molecule has 0 bridgehead atoms. The molecular formula is C10H9NO4. The maximum Gasteiger partial charge on any atom is 0.335 e. The molecule has 0 spiro atoms. The molecule has 1 aromatic carbocycles. The molecule has 5 heteroatoms. The van der Waals surface area contributed by atoms with Gasteiger partial charge in [-0.3, -0.25) is 0 Å². The summed E-state index contributed by atoms with van der Waals surface area (Å²) in [5.41, 5.74) is 0.165. The summed E-state index contributed by atoms with van der Waals surface area (Å²) < 4.78 is 0. The van der Waals surface area contributed by atoms with Gasteiger partial charge in [-0.15, -0.1) is 6.58 Å². The predicted octanol–water partition coefficient (Wildman–Crippen LogP) is 1.47. The maximum absolute atomic E-state index is 10.7. The second-order valence-corrected chi connectivity index (χ2v) is 2.95. The highest BCUT2D eigenvalue weighted by Crippen LogP contribution is 2.34. The molecular weight excluding hydrogens is 198 g/mol. The quantitative estimate of drug-likeness (QED) is 0.760. The number of rotatable bonds is 3. The fourth-order valence-electron chi connectivity index (χ4n) is 1.21. The van der Waals surface area contributed by atoms with Crippen LogP contribution in [0.25, 0.3) is 0 Å². The first-order valence-electron chi connectivity index (χ1n) is 4.32. The third-order valence-electron chi connectivity index (χ3n) is 1.87. The zero-order valence-corrected chi connectivity index (χ0v) is 7.84. The molecule has 0 aromatic heterocycles. The standard InChI is InChI=1S/C10H9NO4/c1-2-5-11-14-8-4-3-7(10(12)13)6-9(8)15-11/h2-4,6H,1,5H2,(H,12,13). The molecule has 1 aliphatic rings. The topological polar surface area (TPSA) is 59.0 Å². The first-order valence-corrected chi connectivity index (χ1v) is 4.32. The zero-order chi connectivity index (χ0) is 10.8. The van der Waals surface area contributed by atoms with Crippen LogP contribution in [-0.2, 0) is 0 Å². The molecule has 0 radical (unpaired) electrons. The summed E-state index contributed by atoms with van der Waals surface area (Å²) in [6.45, 7) is 3.94. The summed E-state index contributed by atoms with van der Waals surface area (Å²) in [7, 11) is 0. The van der Waals surface area contributed by atoms with E-state index in [0.717, 1.165) is 0 Å². The van der Waals surface area contributed by atoms with Crippen LogP contribution in [-0.4, -0.2) is 22.8 Å². The Labute approximate surface area is 86.0 Å². The molecule has 0 amide bonds. The van der Waals surface area contributed by atoms with E-state index in [1.54, 1.807) is 12.1 Å². The lowest BCUT2D eigenvalue weighted by Gasteiger charge is -2.08. The van der Waals surface area contributed by atoms with Gasteiger partial charge in [-0.1, -0.05) is 6.08 Å². The Hall–Kier alpha value is -2.01. The molecule has 1 aliphatic heterocycles. The van der Waals surface area contributed by atoms with Crippen molar-refractivity contribution in [1.82, 2.24) is 5.23 Å². The van der Waals surface area contributed by atoms with E-state index in [0.29, 0.717) is 18.0 Å². The maximum atomic E-state index is 10.7. The van der Waals surface area contributed by atoms with E-state index >= 15 is 0 Å². The van der Waals surface area contributed by atoms with Gasteiger partial charge in [-0.2, -0.15) is 0 Å². The van der Waals surface area contributed by atoms with E-state index < -0.39 is 5.97 Å². The summed E-state index contributed by atoms with van der Waals surface area (Å²) in [5, 5.41) is 9.98. The molecule has 0 aliphatic carbocycles. The van der Waals surface area contributed by atoms with E-state index in [2.05, 4.69) is 6.58 Å². The van der Waals surface area contributed by atoms with Gasteiger partial charge in [0, 0.05) is 11.3 Å². The molecule has 1 aromatic rings. The molecule has 78 valence electrons. The Bertz CT molecular complexity index is 416. The van der Waals surface area contributed by atoms with Gasteiger partial charge in [0.15, 0.2) is 11.5 Å².